The first-order valence-corrected chi connectivity index (χ1v) is 8.74. The molecule has 1 N–H and O–H groups in total. The summed E-state index contributed by atoms with van der Waals surface area (Å²) in [7, 11) is 1.61. The van der Waals surface area contributed by atoms with Crippen molar-refractivity contribution in [2.45, 2.75) is 32.4 Å². The van der Waals surface area contributed by atoms with Gasteiger partial charge in [0, 0.05) is 25.2 Å². The van der Waals surface area contributed by atoms with Gasteiger partial charge < -0.3 is 10.1 Å². The number of piperidine rings is 1. The molecule has 3 aromatic heterocycles. The normalized spacial score (nSPS) is 16.1. The van der Waals surface area contributed by atoms with E-state index in [1.807, 2.05) is 29.6 Å². The van der Waals surface area contributed by atoms with Crippen LogP contribution in [0.1, 0.15) is 24.4 Å². The van der Waals surface area contributed by atoms with Gasteiger partial charge in [-0.3, -0.25) is 4.90 Å². The number of methoxy groups -OCH3 is 1. The van der Waals surface area contributed by atoms with E-state index in [4.69, 9.17) is 4.74 Å². The van der Waals surface area contributed by atoms with E-state index < -0.39 is 0 Å². The zero-order valence-electron chi connectivity index (χ0n) is 15.0. The van der Waals surface area contributed by atoms with Gasteiger partial charge in [0.25, 0.3) is 0 Å². The molecule has 0 atom stereocenters. The highest BCUT2D eigenvalue weighted by Gasteiger charge is 2.21. The Morgan fingerprint density at radius 2 is 2.04 bits per heavy atom. The molecule has 9 heteroatoms. The number of aromatic nitrogens is 6. The van der Waals surface area contributed by atoms with Crippen LogP contribution in [0, 0.1) is 6.92 Å². The predicted octanol–water partition coefficient (Wildman–Crippen LogP) is 1.31. The lowest BCUT2D eigenvalue weighted by Gasteiger charge is -2.32. The van der Waals surface area contributed by atoms with E-state index in [0.717, 1.165) is 55.5 Å². The van der Waals surface area contributed by atoms with E-state index in [0.29, 0.717) is 11.9 Å². The Bertz CT molecular complexity index is 887. The van der Waals surface area contributed by atoms with E-state index >= 15 is 0 Å². The second-order valence-corrected chi connectivity index (χ2v) is 6.50. The zero-order chi connectivity index (χ0) is 17.9. The summed E-state index contributed by atoms with van der Waals surface area (Å²) >= 11 is 0. The molecule has 0 spiro atoms. The molecule has 1 fully saturated rings. The molecule has 1 aliphatic rings. The third kappa shape index (κ3) is 3.57. The maximum Gasteiger partial charge on any atom is 0.218 e. The fourth-order valence-electron chi connectivity index (χ4n) is 3.20. The number of fused-ring (bicyclic) bond motifs is 1. The van der Waals surface area contributed by atoms with Gasteiger partial charge in [-0.1, -0.05) is 0 Å². The number of anilines is 1. The van der Waals surface area contributed by atoms with Crippen LogP contribution in [-0.2, 0) is 6.54 Å². The zero-order valence-corrected chi connectivity index (χ0v) is 15.0. The molecule has 0 unspecified atom stereocenters. The summed E-state index contributed by atoms with van der Waals surface area (Å²) in [4.78, 5) is 10.7. The molecule has 3 aromatic rings. The van der Waals surface area contributed by atoms with Crippen molar-refractivity contribution in [3.63, 3.8) is 0 Å². The third-order valence-electron chi connectivity index (χ3n) is 4.62. The first-order valence-electron chi connectivity index (χ1n) is 8.74. The minimum Gasteiger partial charge on any atom is -0.481 e. The molecule has 4 heterocycles. The highest BCUT2D eigenvalue weighted by molar-refractivity contribution is 5.38. The maximum absolute atomic E-state index is 5.14. The van der Waals surface area contributed by atoms with Crippen LogP contribution in [0.4, 0.5) is 5.82 Å². The molecule has 0 aromatic carbocycles. The second-order valence-electron chi connectivity index (χ2n) is 6.50. The minimum absolute atomic E-state index is 0.390. The summed E-state index contributed by atoms with van der Waals surface area (Å²) < 4.78 is 6.98. The van der Waals surface area contributed by atoms with E-state index in [9.17, 15) is 0 Å². The van der Waals surface area contributed by atoms with Gasteiger partial charge in [0.15, 0.2) is 11.5 Å². The molecule has 9 nitrogen and oxygen atoms in total. The van der Waals surface area contributed by atoms with Crippen LogP contribution < -0.4 is 10.1 Å². The van der Waals surface area contributed by atoms with Gasteiger partial charge in [-0.2, -0.15) is 9.61 Å². The van der Waals surface area contributed by atoms with Gasteiger partial charge in [-0.05, 0) is 31.9 Å². The molecule has 136 valence electrons. The van der Waals surface area contributed by atoms with Gasteiger partial charge in [0.2, 0.25) is 5.88 Å². The number of hydrogen-bond donors (Lipinski definition) is 1. The van der Waals surface area contributed by atoms with Crippen LogP contribution in [0.3, 0.4) is 0 Å². The van der Waals surface area contributed by atoms with Crippen molar-refractivity contribution in [2.75, 3.05) is 25.5 Å². The largest absolute Gasteiger partial charge is 0.481 e. The Kier molecular flexibility index (Phi) is 4.61. The van der Waals surface area contributed by atoms with Gasteiger partial charge in [0.05, 0.1) is 19.3 Å². The maximum atomic E-state index is 5.14. The average Bonchev–Trinajstić information content (AvgIpc) is 3.05. The van der Waals surface area contributed by atoms with Crippen molar-refractivity contribution < 1.29 is 4.74 Å². The molecule has 26 heavy (non-hydrogen) atoms. The van der Waals surface area contributed by atoms with Crippen molar-refractivity contribution in [1.82, 2.24) is 34.7 Å². The standard InChI is InChI=1S/C17H22N8O/c1-12-3-4-15-21-22-16(25(15)23-12)10-24-7-5-13(6-8-24)20-14-9-17(26-2)19-11-18-14/h3-4,9,11,13H,5-8,10H2,1-2H3,(H,18,19,20). The SMILES string of the molecule is COc1cc(NC2CCN(Cc3nnc4ccc(C)nn34)CC2)ncn1. The number of rotatable bonds is 5. The van der Waals surface area contributed by atoms with Crippen molar-refractivity contribution >= 4 is 11.5 Å². The number of ether oxygens (including phenoxy) is 1. The van der Waals surface area contributed by atoms with Gasteiger partial charge in [0.1, 0.15) is 12.1 Å². The van der Waals surface area contributed by atoms with Gasteiger partial charge in [-0.25, -0.2) is 9.97 Å². The molecule has 0 amide bonds. The lowest BCUT2D eigenvalue weighted by molar-refractivity contribution is 0.205. The fraction of sp³-hybridized carbons (Fsp3) is 0.471. The number of aryl methyl sites for hydroxylation is 1. The fourth-order valence-corrected chi connectivity index (χ4v) is 3.20. The van der Waals surface area contributed by atoms with E-state index in [-0.39, 0.29) is 0 Å². The Morgan fingerprint density at radius 1 is 1.19 bits per heavy atom. The number of hydrogen-bond acceptors (Lipinski definition) is 8. The smallest absolute Gasteiger partial charge is 0.218 e. The van der Waals surface area contributed by atoms with Crippen LogP contribution >= 0.6 is 0 Å². The molecule has 0 saturated carbocycles. The molecule has 4 rings (SSSR count). The molecule has 1 saturated heterocycles. The lowest BCUT2D eigenvalue weighted by Crippen LogP contribution is -2.39. The molecule has 0 radical (unpaired) electrons. The van der Waals surface area contributed by atoms with Crippen molar-refractivity contribution in [2.24, 2.45) is 0 Å². The Hall–Kier alpha value is -2.81. The first kappa shape index (κ1) is 16.6. The van der Waals surface area contributed by atoms with Gasteiger partial charge >= 0.3 is 0 Å². The van der Waals surface area contributed by atoms with Gasteiger partial charge in [-0.15, -0.1) is 10.2 Å². The van der Waals surface area contributed by atoms with Crippen molar-refractivity contribution in [3.8, 4) is 5.88 Å². The first-order chi connectivity index (χ1) is 12.7. The van der Waals surface area contributed by atoms with E-state index in [2.05, 4.69) is 35.5 Å². The predicted molar refractivity (Wildman–Crippen MR) is 96.0 cm³/mol. The lowest BCUT2D eigenvalue weighted by atomic mass is 10.1. The molecular formula is C17H22N8O. The Labute approximate surface area is 151 Å². The summed E-state index contributed by atoms with van der Waals surface area (Å²) in [6, 6.07) is 6.11. The highest BCUT2D eigenvalue weighted by Crippen LogP contribution is 2.18. The quantitative estimate of drug-likeness (QED) is 0.733. The topological polar surface area (TPSA) is 93.4 Å². The van der Waals surface area contributed by atoms with Crippen LogP contribution in [0.15, 0.2) is 24.5 Å². The molecule has 1 aliphatic heterocycles. The summed E-state index contributed by atoms with van der Waals surface area (Å²) in [6.07, 6.45) is 3.59. The molecule has 0 bridgehead atoms. The van der Waals surface area contributed by atoms with Crippen LogP contribution in [-0.4, -0.2) is 60.9 Å². The van der Waals surface area contributed by atoms with E-state index in [1.54, 1.807) is 7.11 Å². The Morgan fingerprint density at radius 3 is 2.85 bits per heavy atom. The average molecular weight is 354 g/mol. The van der Waals surface area contributed by atoms with Crippen LogP contribution in [0.25, 0.3) is 5.65 Å². The minimum atomic E-state index is 0.390. The van der Waals surface area contributed by atoms with Crippen LogP contribution in [0.5, 0.6) is 5.88 Å². The number of nitrogens with zero attached hydrogens (tertiary/aromatic N) is 7. The monoisotopic (exact) mass is 354 g/mol. The summed E-state index contributed by atoms with van der Waals surface area (Å²) in [5, 5.41) is 16.5. The van der Waals surface area contributed by atoms with Crippen molar-refractivity contribution in [3.05, 3.63) is 36.0 Å². The highest BCUT2D eigenvalue weighted by atomic mass is 16.5. The number of likely N-dealkylation sites (tertiary alicyclic amines) is 1. The summed E-state index contributed by atoms with van der Waals surface area (Å²) in [5.74, 6) is 2.26. The van der Waals surface area contributed by atoms with E-state index in [1.165, 1.54) is 6.33 Å². The third-order valence-corrected chi connectivity index (χ3v) is 4.62. The Balaban J connectivity index is 1.35. The summed E-state index contributed by atoms with van der Waals surface area (Å²) in [6.45, 7) is 4.70. The number of nitrogens with one attached hydrogen (secondary N) is 1. The van der Waals surface area contributed by atoms with Crippen molar-refractivity contribution in [1.29, 1.82) is 0 Å². The second kappa shape index (κ2) is 7.20. The molecule has 0 aliphatic carbocycles. The van der Waals surface area contributed by atoms with Crippen LogP contribution in [0.2, 0.25) is 0 Å². The molecular weight excluding hydrogens is 332 g/mol. The summed E-state index contributed by atoms with van der Waals surface area (Å²) in [5.41, 5.74) is 1.75.